The fourth-order valence-electron chi connectivity index (χ4n) is 8.72. The molecule has 1 aliphatic heterocycles. The van der Waals surface area contributed by atoms with Crippen LogP contribution in [0, 0.1) is 0 Å². The lowest BCUT2D eigenvalue weighted by atomic mass is 9.72. The van der Waals surface area contributed by atoms with E-state index in [1.165, 1.54) is 38.9 Å². The number of aliphatic imine (C=N–C) groups is 1. The minimum absolute atomic E-state index is 0.130. The molecule has 51 heavy (non-hydrogen) atoms. The van der Waals surface area contributed by atoms with E-state index in [1.54, 1.807) is 7.05 Å². The molecule has 3 aliphatic rings. The summed E-state index contributed by atoms with van der Waals surface area (Å²) >= 11 is 0. The van der Waals surface area contributed by atoms with Crippen molar-refractivity contribution in [1.29, 1.82) is 0 Å². The lowest BCUT2D eigenvalue weighted by Crippen LogP contribution is -2.27. The summed E-state index contributed by atoms with van der Waals surface area (Å²) in [7, 11) is 1.79. The van der Waals surface area contributed by atoms with Crippen molar-refractivity contribution in [2.45, 2.75) is 31.6 Å². The molecular weight excluding hydrogens is 625 g/mol. The molecule has 10 rings (SSSR count). The molecule has 5 nitrogen and oxygen atoms in total. The Morgan fingerprint density at radius 3 is 1.98 bits per heavy atom. The molecule has 0 fully saturated rings. The number of fused-ring (bicyclic) bond motifs is 8. The maximum atomic E-state index is 6.64. The van der Waals surface area contributed by atoms with Gasteiger partial charge in [0.25, 0.3) is 0 Å². The first kappa shape index (κ1) is 29.7. The Bertz CT molecular complexity index is 2620. The highest BCUT2D eigenvalue weighted by molar-refractivity contribution is 5.92. The third-order valence-electron chi connectivity index (χ3n) is 11.2. The third kappa shape index (κ3) is 4.15. The van der Waals surface area contributed by atoms with Crippen molar-refractivity contribution in [3.05, 3.63) is 161 Å². The molecule has 244 valence electrons. The van der Waals surface area contributed by atoms with Gasteiger partial charge in [-0.25, -0.2) is 15.0 Å². The Morgan fingerprint density at radius 1 is 0.529 bits per heavy atom. The molecule has 2 heterocycles. The lowest BCUT2D eigenvalue weighted by Gasteiger charge is -2.36. The maximum absolute atomic E-state index is 6.64. The zero-order valence-electron chi connectivity index (χ0n) is 28.9. The van der Waals surface area contributed by atoms with Crippen LogP contribution in [0.5, 0.6) is 11.5 Å². The third-order valence-corrected chi connectivity index (χ3v) is 11.2. The molecule has 0 amide bonds. The van der Waals surface area contributed by atoms with E-state index >= 15 is 0 Å². The van der Waals surface area contributed by atoms with Gasteiger partial charge in [-0.15, -0.1) is 0 Å². The lowest BCUT2D eigenvalue weighted by molar-refractivity contribution is 0.430. The van der Waals surface area contributed by atoms with E-state index in [0.717, 1.165) is 44.9 Å². The van der Waals surface area contributed by atoms with E-state index < -0.39 is 0 Å². The molecule has 7 aromatic rings. The van der Waals surface area contributed by atoms with Crippen LogP contribution in [0.3, 0.4) is 0 Å². The van der Waals surface area contributed by atoms with E-state index in [4.69, 9.17) is 19.7 Å². The molecule has 1 unspecified atom stereocenters. The van der Waals surface area contributed by atoms with Crippen LogP contribution < -0.4 is 4.74 Å². The number of ether oxygens (including phenoxy) is 1. The Morgan fingerprint density at radius 2 is 1.18 bits per heavy atom. The van der Waals surface area contributed by atoms with Crippen molar-refractivity contribution in [2.24, 2.45) is 4.99 Å². The predicted molar refractivity (Wildman–Crippen MR) is 205 cm³/mol. The van der Waals surface area contributed by atoms with Gasteiger partial charge in [0.15, 0.2) is 17.5 Å². The van der Waals surface area contributed by atoms with Crippen molar-refractivity contribution < 1.29 is 4.74 Å². The minimum Gasteiger partial charge on any atom is -0.456 e. The van der Waals surface area contributed by atoms with Crippen LogP contribution in [0.1, 0.15) is 54.2 Å². The quantitative estimate of drug-likeness (QED) is 0.177. The minimum atomic E-state index is -0.390. The first-order valence-corrected chi connectivity index (χ1v) is 17.4. The number of nitrogens with zero attached hydrogens (tertiary/aromatic N) is 4. The van der Waals surface area contributed by atoms with Crippen molar-refractivity contribution in [3.63, 3.8) is 0 Å². The molecule has 0 saturated carbocycles. The molecule has 0 spiro atoms. The van der Waals surface area contributed by atoms with Crippen LogP contribution in [0.15, 0.2) is 132 Å². The van der Waals surface area contributed by atoms with Gasteiger partial charge in [0.1, 0.15) is 11.5 Å². The molecule has 0 bridgehead atoms. The number of rotatable bonds is 4. The van der Waals surface area contributed by atoms with Crippen LogP contribution >= 0.6 is 0 Å². The Labute approximate surface area is 297 Å². The normalized spacial score (nSPS) is 16.9. The smallest absolute Gasteiger partial charge is 0.164 e. The van der Waals surface area contributed by atoms with Gasteiger partial charge in [0, 0.05) is 52.1 Å². The van der Waals surface area contributed by atoms with Gasteiger partial charge in [-0.05, 0) is 70.1 Å². The van der Waals surface area contributed by atoms with E-state index in [0.29, 0.717) is 17.5 Å². The summed E-state index contributed by atoms with van der Waals surface area (Å²) in [4.78, 5) is 19.7. The fourth-order valence-corrected chi connectivity index (χ4v) is 8.72. The molecule has 0 radical (unpaired) electrons. The number of aromatic nitrogens is 3. The molecule has 5 heteroatoms. The molecule has 1 aromatic heterocycles. The van der Waals surface area contributed by atoms with Crippen LogP contribution in [0.25, 0.3) is 56.4 Å². The van der Waals surface area contributed by atoms with Crippen molar-refractivity contribution in [1.82, 2.24) is 15.0 Å². The van der Waals surface area contributed by atoms with Gasteiger partial charge < -0.3 is 4.74 Å². The van der Waals surface area contributed by atoms with Gasteiger partial charge >= 0.3 is 0 Å². The summed E-state index contributed by atoms with van der Waals surface area (Å²) in [6.07, 6.45) is 1.87. The van der Waals surface area contributed by atoms with E-state index in [9.17, 15) is 0 Å². The first-order valence-electron chi connectivity index (χ1n) is 17.4. The summed E-state index contributed by atoms with van der Waals surface area (Å²) in [6.45, 7) is 6.92. The standard InChI is InChI=1S/C46H34N4O/c1-45(2)35-17-9-8-15-31(35)32-22-20-29(25-38(32)45)44-49-42(27-12-6-5-7-13-27)48-43(50-44)28-21-23-36-34(24-28)33-16-11-19-39-40(33)46(36,3)37-18-10-14-30(26-47-4)41(37)51-39/h5-26H,1-4H3. The summed E-state index contributed by atoms with van der Waals surface area (Å²) in [5.74, 6) is 3.70. The topological polar surface area (TPSA) is 60.3 Å². The van der Waals surface area contributed by atoms with Crippen LogP contribution in [-0.2, 0) is 10.8 Å². The van der Waals surface area contributed by atoms with Gasteiger partial charge in [-0.2, -0.15) is 0 Å². The molecule has 0 N–H and O–H groups in total. The Hall–Kier alpha value is -6.20. The highest BCUT2D eigenvalue weighted by Crippen LogP contribution is 2.61. The molecule has 2 aliphatic carbocycles. The summed E-state index contributed by atoms with van der Waals surface area (Å²) in [5, 5.41) is 0. The second kappa shape index (κ2) is 10.6. The first-order chi connectivity index (χ1) is 24.9. The van der Waals surface area contributed by atoms with E-state index in [2.05, 4.69) is 135 Å². The van der Waals surface area contributed by atoms with Crippen molar-refractivity contribution in [3.8, 4) is 67.9 Å². The van der Waals surface area contributed by atoms with Crippen LogP contribution in [0.2, 0.25) is 0 Å². The van der Waals surface area contributed by atoms with Gasteiger partial charge in [-0.3, -0.25) is 4.99 Å². The molecule has 1 atom stereocenters. The predicted octanol–water partition coefficient (Wildman–Crippen LogP) is 10.7. The SMILES string of the molecule is CN=Cc1cccc2c1Oc1cccc3c1C2(C)c1ccc(-c2nc(-c4ccccc4)nc(-c4ccc5c(c4)C(C)(C)c4ccccc4-5)n2)cc1-3. The highest BCUT2D eigenvalue weighted by atomic mass is 16.5. The summed E-state index contributed by atoms with van der Waals surface area (Å²) in [5.41, 5.74) is 14.4. The Balaban J connectivity index is 1.15. The van der Waals surface area contributed by atoms with E-state index in [-0.39, 0.29) is 10.8 Å². The second-order valence-corrected chi connectivity index (χ2v) is 14.4. The maximum Gasteiger partial charge on any atom is 0.164 e. The zero-order valence-corrected chi connectivity index (χ0v) is 28.9. The average molecular weight is 659 g/mol. The molecule has 6 aromatic carbocycles. The van der Waals surface area contributed by atoms with Crippen LogP contribution in [-0.4, -0.2) is 28.2 Å². The largest absolute Gasteiger partial charge is 0.456 e. The van der Waals surface area contributed by atoms with E-state index in [1.807, 2.05) is 24.4 Å². The zero-order chi connectivity index (χ0) is 34.5. The number of benzene rings is 6. The van der Waals surface area contributed by atoms with Gasteiger partial charge in [0.2, 0.25) is 0 Å². The fraction of sp³-hybridized carbons (Fsp3) is 0.130. The monoisotopic (exact) mass is 658 g/mol. The van der Waals surface area contributed by atoms with Gasteiger partial charge in [-0.1, -0.05) is 117 Å². The van der Waals surface area contributed by atoms with Gasteiger partial charge in [0.05, 0.1) is 5.41 Å². The van der Waals surface area contributed by atoms with Crippen molar-refractivity contribution in [2.75, 3.05) is 7.05 Å². The summed E-state index contributed by atoms with van der Waals surface area (Å²) in [6, 6.07) is 44.9. The number of hydrogen-bond donors (Lipinski definition) is 0. The number of para-hydroxylation sites is 1. The van der Waals surface area contributed by atoms with Crippen LogP contribution in [0.4, 0.5) is 0 Å². The summed E-state index contributed by atoms with van der Waals surface area (Å²) < 4.78 is 6.64. The average Bonchev–Trinajstić information content (AvgIpc) is 3.57. The molecule has 0 saturated heterocycles. The number of hydrogen-bond acceptors (Lipinski definition) is 5. The van der Waals surface area contributed by atoms with Crippen molar-refractivity contribution >= 4 is 6.21 Å². The molecular formula is C46H34N4O. The second-order valence-electron chi connectivity index (χ2n) is 14.4. The Kier molecular flexibility index (Phi) is 6.20. The highest BCUT2D eigenvalue weighted by Gasteiger charge is 2.48.